The van der Waals surface area contributed by atoms with Gasteiger partial charge in [0.25, 0.3) is 0 Å². The van der Waals surface area contributed by atoms with Gasteiger partial charge in [-0.1, -0.05) is 46.3 Å². The van der Waals surface area contributed by atoms with E-state index in [4.69, 9.17) is 4.74 Å². The number of carbonyl (C=O) groups is 1. The molecule has 146 valence electrons. The summed E-state index contributed by atoms with van der Waals surface area (Å²) in [5, 5.41) is 7.16. The highest BCUT2D eigenvalue weighted by atomic mass is 79.9. The molecule has 3 aromatic carbocycles. The van der Waals surface area contributed by atoms with Crippen molar-refractivity contribution in [2.24, 2.45) is 0 Å². The second kappa shape index (κ2) is 8.80. The quantitative estimate of drug-likeness (QED) is 0.316. The molecule has 0 spiro atoms. The smallest absolute Gasteiger partial charge is 0.337 e. The molecule has 5 heteroatoms. The molecule has 0 aliphatic rings. The predicted octanol–water partition coefficient (Wildman–Crippen LogP) is 6.85. The van der Waals surface area contributed by atoms with Gasteiger partial charge in [0.2, 0.25) is 0 Å². The zero-order valence-electron chi connectivity index (χ0n) is 15.9. The first-order chi connectivity index (χ1) is 14.1. The van der Waals surface area contributed by atoms with Crippen molar-refractivity contribution in [3.05, 3.63) is 99.3 Å². The Hall–Kier alpha value is -2.63. The third kappa shape index (κ3) is 4.52. The molecule has 0 fully saturated rings. The summed E-state index contributed by atoms with van der Waals surface area (Å²) < 4.78 is 7.13. The van der Waals surface area contributed by atoms with Crippen LogP contribution in [0.3, 0.4) is 0 Å². The zero-order valence-corrected chi connectivity index (χ0v) is 18.3. The molecule has 1 heterocycles. The number of benzene rings is 3. The molecule has 29 heavy (non-hydrogen) atoms. The van der Waals surface area contributed by atoms with Crippen LogP contribution in [0.15, 0.2) is 82.6 Å². The maximum Gasteiger partial charge on any atom is 0.337 e. The van der Waals surface area contributed by atoms with Crippen molar-refractivity contribution in [2.75, 3.05) is 12.4 Å². The van der Waals surface area contributed by atoms with Crippen LogP contribution < -0.4 is 5.32 Å². The number of ether oxygens (including phenoxy) is 1. The van der Waals surface area contributed by atoms with Crippen molar-refractivity contribution in [3.8, 4) is 0 Å². The first kappa shape index (κ1) is 19.7. The molecule has 0 saturated carbocycles. The molecular formula is C24H20BrNO2S. The average molecular weight is 466 g/mol. The summed E-state index contributed by atoms with van der Waals surface area (Å²) >= 11 is 5.36. The van der Waals surface area contributed by atoms with Gasteiger partial charge >= 0.3 is 5.97 Å². The number of rotatable bonds is 6. The van der Waals surface area contributed by atoms with Crippen LogP contribution in [0.25, 0.3) is 10.1 Å². The van der Waals surface area contributed by atoms with Gasteiger partial charge in [0.15, 0.2) is 0 Å². The van der Waals surface area contributed by atoms with E-state index in [1.54, 1.807) is 23.5 Å². The fourth-order valence-electron chi connectivity index (χ4n) is 3.40. The molecule has 0 amide bonds. The number of hydrogen-bond acceptors (Lipinski definition) is 4. The van der Waals surface area contributed by atoms with Gasteiger partial charge in [0, 0.05) is 14.9 Å². The monoisotopic (exact) mass is 465 g/mol. The molecular weight excluding hydrogens is 446 g/mol. The van der Waals surface area contributed by atoms with Crippen LogP contribution in [-0.2, 0) is 11.2 Å². The number of fused-ring (bicyclic) bond motifs is 1. The topological polar surface area (TPSA) is 38.3 Å². The number of nitrogens with one attached hydrogen (secondary N) is 1. The van der Waals surface area contributed by atoms with Gasteiger partial charge in [0.05, 0.1) is 18.7 Å². The fourth-order valence-corrected chi connectivity index (χ4v) is 4.76. The van der Waals surface area contributed by atoms with Crippen LogP contribution in [0.4, 0.5) is 5.69 Å². The van der Waals surface area contributed by atoms with Gasteiger partial charge in [0.1, 0.15) is 0 Å². The minimum atomic E-state index is -0.328. The van der Waals surface area contributed by atoms with Crippen molar-refractivity contribution in [1.82, 2.24) is 0 Å². The number of hydrogen-bond donors (Lipinski definition) is 1. The molecule has 0 aliphatic heterocycles. The largest absolute Gasteiger partial charge is 0.465 e. The number of esters is 1. The molecule has 4 rings (SSSR count). The van der Waals surface area contributed by atoms with E-state index in [0.717, 1.165) is 16.6 Å². The summed E-state index contributed by atoms with van der Waals surface area (Å²) in [6.45, 7) is 0. The van der Waals surface area contributed by atoms with Gasteiger partial charge in [-0.15, -0.1) is 11.3 Å². The highest BCUT2D eigenvalue weighted by Crippen LogP contribution is 2.35. The van der Waals surface area contributed by atoms with Gasteiger partial charge in [-0.25, -0.2) is 4.79 Å². The van der Waals surface area contributed by atoms with Crippen molar-refractivity contribution < 1.29 is 9.53 Å². The highest BCUT2D eigenvalue weighted by Gasteiger charge is 2.17. The number of anilines is 1. The van der Waals surface area contributed by atoms with E-state index >= 15 is 0 Å². The van der Waals surface area contributed by atoms with Crippen molar-refractivity contribution >= 4 is 49.0 Å². The Morgan fingerprint density at radius 1 is 1.07 bits per heavy atom. The van der Waals surface area contributed by atoms with Crippen LogP contribution in [-0.4, -0.2) is 13.1 Å². The lowest BCUT2D eigenvalue weighted by atomic mass is 9.98. The molecule has 3 nitrogen and oxygen atoms in total. The van der Waals surface area contributed by atoms with E-state index in [0.29, 0.717) is 5.56 Å². The highest BCUT2D eigenvalue weighted by molar-refractivity contribution is 9.10. The summed E-state index contributed by atoms with van der Waals surface area (Å²) in [6, 6.07) is 24.4. The van der Waals surface area contributed by atoms with Gasteiger partial charge in [-0.05, 0) is 70.8 Å². The Kier molecular flexibility index (Phi) is 5.97. The summed E-state index contributed by atoms with van der Waals surface area (Å²) in [5.74, 6) is -0.328. The van der Waals surface area contributed by atoms with Crippen LogP contribution in [0.2, 0.25) is 0 Å². The second-order valence-electron chi connectivity index (χ2n) is 6.79. The summed E-state index contributed by atoms with van der Waals surface area (Å²) in [7, 11) is 1.39. The van der Waals surface area contributed by atoms with E-state index < -0.39 is 0 Å². The van der Waals surface area contributed by atoms with E-state index in [1.807, 2.05) is 18.2 Å². The minimum Gasteiger partial charge on any atom is -0.465 e. The van der Waals surface area contributed by atoms with Crippen LogP contribution >= 0.6 is 27.3 Å². The summed E-state index contributed by atoms with van der Waals surface area (Å²) in [4.78, 5) is 11.7. The minimum absolute atomic E-state index is 0.101. The number of halogens is 1. The summed E-state index contributed by atoms with van der Waals surface area (Å²) in [6.07, 6.45) is 0.859. The van der Waals surface area contributed by atoms with Crippen LogP contribution in [0, 0.1) is 0 Å². The number of thiophene rings is 1. The molecule has 0 radical (unpaired) electrons. The maximum atomic E-state index is 11.7. The molecule has 1 atom stereocenters. The van der Waals surface area contributed by atoms with Gasteiger partial charge in [-0.2, -0.15) is 0 Å². The average Bonchev–Trinajstić information content (AvgIpc) is 3.17. The molecule has 4 aromatic rings. The molecule has 1 unspecified atom stereocenters. The van der Waals surface area contributed by atoms with Crippen LogP contribution in [0.5, 0.6) is 0 Å². The van der Waals surface area contributed by atoms with Crippen molar-refractivity contribution in [1.29, 1.82) is 0 Å². The molecule has 0 bridgehead atoms. The predicted molar refractivity (Wildman–Crippen MR) is 124 cm³/mol. The van der Waals surface area contributed by atoms with Gasteiger partial charge in [-0.3, -0.25) is 0 Å². The summed E-state index contributed by atoms with van der Waals surface area (Å²) in [5.41, 5.74) is 4.05. The van der Waals surface area contributed by atoms with E-state index in [-0.39, 0.29) is 12.0 Å². The first-order valence-electron chi connectivity index (χ1n) is 9.29. The molecule has 1 aromatic heterocycles. The Bertz CT molecular complexity index is 1120. The van der Waals surface area contributed by atoms with Crippen molar-refractivity contribution in [3.63, 3.8) is 0 Å². The molecule has 1 N–H and O–H groups in total. The Morgan fingerprint density at radius 2 is 1.83 bits per heavy atom. The van der Waals surface area contributed by atoms with Crippen molar-refractivity contribution in [2.45, 2.75) is 12.5 Å². The Labute approximate surface area is 182 Å². The third-order valence-corrected chi connectivity index (χ3v) is 6.35. The second-order valence-corrected chi connectivity index (χ2v) is 8.61. The number of methoxy groups -OCH3 is 1. The zero-order chi connectivity index (χ0) is 20.2. The third-order valence-electron chi connectivity index (χ3n) is 4.87. The van der Waals surface area contributed by atoms with E-state index in [1.165, 1.54) is 28.3 Å². The SMILES string of the molecule is COC(=O)c1ccc(NC(Cc2ccccc2)c2csc3ccc(Br)cc23)cc1. The van der Waals surface area contributed by atoms with E-state index in [9.17, 15) is 4.79 Å². The lowest BCUT2D eigenvalue weighted by Gasteiger charge is -2.20. The lowest BCUT2D eigenvalue weighted by molar-refractivity contribution is 0.0601. The fraction of sp³-hybridized carbons (Fsp3) is 0.125. The molecule has 0 saturated heterocycles. The molecule has 0 aliphatic carbocycles. The van der Waals surface area contributed by atoms with E-state index in [2.05, 4.69) is 69.1 Å². The van der Waals surface area contributed by atoms with Crippen LogP contribution in [0.1, 0.15) is 27.5 Å². The maximum absolute atomic E-state index is 11.7. The van der Waals surface area contributed by atoms with Gasteiger partial charge < -0.3 is 10.1 Å². The standard InChI is InChI=1S/C24H20BrNO2S/c1-28-24(27)17-7-10-19(11-8-17)26-22(13-16-5-3-2-4-6-16)21-15-29-23-12-9-18(25)14-20(21)23/h2-12,14-15,22,26H,13H2,1H3. The Morgan fingerprint density at radius 3 is 2.55 bits per heavy atom. The Balaban J connectivity index is 1.68. The normalized spacial score (nSPS) is 11.9. The number of carbonyl (C=O) groups excluding carboxylic acids is 1. The lowest BCUT2D eigenvalue weighted by Crippen LogP contribution is -2.13. The first-order valence-corrected chi connectivity index (χ1v) is 11.0.